The van der Waals surface area contributed by atoms with Gasteiger partial charge in [0.25, 0.3) is 0 Å². The predicted molar refractivity (Wildman–Crippen MR) is 77.2 cm³/mol. The van der Waals surface area contributed by atoms with Crippen molar-refractivity contribution in [2.24, 2.45) is 11.7 Å². The molecule has 6 heteroatoms. The Bertz CT molecular complexity index is 438. The first-order chi connectivity index (χ1) is 9.93. The lowest BCUT2D eigenvalue weighted by atomic mass is 9.99. The normalized spacial score (nSPS) is 13.8. The highest BCUT2D eigenvalue weighted by Crippen LogP contribution is 2.15. The number of rotatable bonds is 8. The van der Waals surface area contributed by atoms with Crippen LogP contribution in [0.2, 0.25) is 0 Å². The van der Waals surface area contributed by atoms with E-state index in [-0.39, 0.29) is 17.6 Å². The fraction of sp³-hybridized carbons (Fsp3) is 0.533. The van der Waals surface area contributed by atoms with Gasteiger partial charge in [-0.1, -0.05) is 32.4 Å². The molecule has 21 heavy (non-hydrogen) atoms. The van der Waals surface area contributed by atoms with Gasteiger partial charge in [0.15, 0.2) is 0 Å². The van der Waals surface area contributed by atoms with Gasteiger partial charge in [-0.3, -0.25) is 4.79 Å². The summed E-state index contributed by atoms with van der Waals surface area (Å²) in [6, 6.07) is 5.84. The van der Waals surface area contributed by atoms with Gasteiger partial charge in [-0.15, -0.1) is 0 Å². The number of nitrogens with two attached hydrogens (primary N) is 1. The van der Waals surface area contributed by atoms with Crippen molar-refractivity contribution in [1.29, 1.82) is 0 Å². The summed E-state index contributed by atoms with van der Waals surface area (Å²) in [5, 5.41) is 2.78. The Morgan fingerprint density at radius 3 is 2.48 bits per heavy atom. The summed E-state index contributed by atoms with van der Waals surface area (Å²) in [5.74, 6) is 0.0920. The number of carbonyl (C=O) groups is 1. The van der Waals surface area contributed by atoms with Gasteiger partial charge in [0.1, 0.15) is 5.75 Å². The zero-order valence-electron chi connectivity index (χ0n) is 12.3. The molecule has 0 aliphatic rings. The SMILES string of the molecule is CC[C@H](C)[C@H](N)C(=O)NCCc1ccc(OC(F)F)cc1. The number of nitrogens with one attached hydrogen (secondary N) is 1. The first-order valence-electron chi connectivity index (χ1n) is 7.01. The quantitative estimate of drug-likeness (QED) is 0.774. The predicted octanol–water partition coefficient (Wildman–Crippen LogP) is 2.32. The first-order valence-corrected chi connectivity index (χ1v) is 7.01. The van der Waals surface area contributed by atoms with Crippen molar-refractivity contribution in [3.8, 4) is 5.75 Å². The lowest BCUT2D eigenvalue weighted by molar-refractivity contribution is -0.123. The van der Waals surface area contributed by atoms with Crippen LogP contribution in [0, 0.1) is 5.92 Å². The number of halogens is 2. The monoisotopic (exact) mass is 300 g/mol. The molecule has 1 rings (SSSR count). The average molecular weight is 300 g/mol. The lowest BCUT2D eigenvalue weighted by Crippen LogP contribution is -2.45. The highest BCUT2D eigenvalue weighted by molar-refractivity contribution is 5.81. The molecule has 0 spiro atoms. The van der Waals surface area contributed by atoms with E-state index >= 15 is 0 Å². The maximum absolute atomic E-state index is 12.0. The average Bonchev–Trinajstić information content (AvgIpc) is 2.46. The minimum Gasteiger partial charge on any atom is -0.435 e. The van der Waals surface area contributed by atoms with Gasteiger partial charge in [0.05, 0.1) is 6.04 Å². The van der Waals surface area contributed by atoms with Gasteiger partial charge in [0.2, 0.25) is 5.91 Å². The van der Waals surface area contributed by atoms with E-state index in [1.54, 1.807) is 12.1 Å². The van der Waals surface area contributed by atoms with Crippen molar-refractivity contribution in [2.45, 2.75) is 39.3 Å². The van der Waals surface area contributed by atoms with Crippen LogP contribution < -0.4 is 15.8 Å². The van der Waals surface area contributed by atoms with Crippen LogP contribution >= 0.6 is 0 Å². The zero-order chi connectivity index (χ0) is 15.8. The number of hydrogen-bond donors (Lipinski definition) is 2. The molecule has 0 saturated carbocycles. The summed E-state index contributed by atoms with van der Waals surface area (Å²) >= 11 is 0. The van der Waals surface area contributed by atoms with E-state index in [4.69, 9.17) is 5.73 Å². The molecule has 3 N–H and O–H groups in total. The zero-order valence-corrected chi connectivity index (χ0v) is 12.3. The molecule has 0 bridgehead atoms. The number of amides is 1. The molecule has 0 aromatic heterocycles. The van der Waals surface area contributed by atoms with Crippen LogP contribution in [0.1, 0.15) is 25.8 Å². The molecule has 1 aromatic rings. The third-order valence-electron chi connectivity index (χ3n) is 3.42. The van der Waals surface area contributed by atoms with Crippen LogP contribution in [0.15, 0.2) is 24.3 Å². The van der Waals surface area contributed by atoms with E-state index in [9.17, 15) is 13.6 Å². The number of hydrogen-bond acceptors (Lipinski definition) is 3. The van der Waals surface area contributed by atoms with Crippen molar-refractivity contribution in [1.82, 2.24) is 5.32 Å². The van der Waals surface area contributed by atoms with E-state index in [0.717, 1.165) is 12.0 Å². The molecule has 118 valence electrons. The smallest absolute Gasteiger partial charge is 0.387 e. The molecule has 0 heterocycles. The van der Waals surface area contributed by atoms with Crippen LogP contribution in [0.25, 0.3) is 0 Å². The maximum Gasteiger partial charge on any atom is 0.387 e. The molecule has 0 radical (unpaired) electrons. The highest BCUT2D eigenvalue weighted by atomic mass is 19.3. The maximum atomic E-state index is 12.0. The molecular formula is C15H22F2N2O2. The summed E-state index contributed by atoms with van der Waals surface area (Å²) in [6.07, 6.45) is 1.45. The third-order valence-corrected chi connectivity index (χ3v) is 3.42. The Kier molecular flexibility index (Phi) is 7.08. The lowest BCUT2D eigenvalue weighted by Gasteiger charge is -2.17. The second-order valence-corrected chi connectivity index (χ2v) is 4.97. The molecule has 0 aliphatic carbocycles. The Labute approximate surface area is 123 Å². The summed E-state index contributed by atoms with van der Waals surface area (Å²) in [4.78, 5) is 11.8. The van der Waals surface area contributed by atoms with Gasteiger partial charge in [-0.25, -0.2) is 0 Å². The van der Waals surface area contributed by atoms with Crippen molar-refractivity contribution < 1.29 is 18.3 Å². The van der Waals surface area contributed by atoms with E-state index in [1.807, 2.05) is 13.8 Å². The van der Waals surface area contributed by atoms with Crippen LogP contribution in [-0.2, 0) is 11.2 Å². The minimum absolute atomic E-state index is 0.122. The van der Waals surface area contributed by atoms with Gasteiger partial charge >= 0.3 is 6.61 Å². The second kappa shape index (κ2) is 8.56. The van der Waals surface area contributed by atoms with Crippen LogP contribution in [0.3, 0.4) is 0 Å². The summed E-state index contributed by atoms with van der Waals surface area (Å²) < 4.78 is 28.3. The molecule has 0 aliphatic heterocycles. The highest BCUT2D eigenvalue weighted by Gasteiger charge is 2.18. The van der Waals surface area contributed by atoms with Crippen molar-refractivity contribution in [3.63, 3.8) is 0 Å². The van der Waals surface area contributed by atoms with Crippen LogP contribution in [-0.4, -0.2) is 25.1 Å². The van der Waals surface area contributed by atoms with Gasteiger partial charge in [-0.2, -0.15) is 8.78 Å². The van der Waals surface area contributed by atoms with E-state index in [1.165, 1.54) is 12.1 Å². The molecule has 0 unspecified atom stereocenters. The Morgan fingerprint density at radius 2 is 1.95 bits per heavy atom. The summed E-state index contributed by atoms with van der Waals surface area (Å²) in [5.41, 5.74) is 6.74. The summed E-state index contributed by atoms with van der Waals surface area (Å²) in [7, 11) is 0. The van der Waals surface area contributed by atoms with Gasteiger partial charge in [0, 0.05) is 6.54 Å². The number of alkyl halides is 2. The molecule has 4 nitrogen and oxygen atoms in total. The molecule has 1 amide bonds. The largest absolute Gasteiger partial charge is 0.435 e. The Hall–Kier alpha value is -1.69. The topological polar surface area (TPSA) is 64.4 Å². The molecule has 0 saturated heterocycles. The van der Waals surface area contributed by atoms with Crippen molar-refractivity contribution in [3.05, 3.63) is 29.8 Å². The van der Waals surface area contributed by atoms with Gasteiger partial charge < -0.3 is 15.8 Å². The number of ether oxygens (including phenoxy) is 1. The van der Waals surface area contributed by atoms with E-state index in [2.05, 4.69) is 10.1 Å². The van der Waals surface area contributed by atoms with E-state index in [0.29, 0.717) is 13.0 Å². The second-order valence-electron chi connectivity index (χ2n) is 4.97. The van der Waals surface area contributed by atoms with Crippen molar-refractivity contribution in [2.75, 3.05) is 6.54 Å². The molecule has 1 aromatic carbocycles. The molecular weight excluding hydrogens is 278 g/mol. The summed E-state index contributed by atoms with van der Waals surface area (Å²) in [6.45, 7) is 1.56. The Morgan fingerprint density at radius 1 is 1.33 bits per heavy atom. The van der Waals surface area contributed by atoms with Gasteiger partial charge in [-0.05, 0) is 30.0 Å². The minimum atomic E-state index is -2.82. The standard InChI is InChI=1S/C15H22F2N2O2/c1-3-10(2)13(18)14(20)19-9-8-11-4-6-12(7-5-11)21-15(16)17/h4-7,10,13,15H,3,8-9,18H2,1-2H3,(H,19,20)/t10-,13-/m0/s1. The fourth-order valence-corrected chi connectivity index (χ4v) is 1.80. The molecule has 2 atom stereocenters. The molecule has 0 fully saturated rings. The number of benzene rings is 1. The van der Waals surface area contributed by atoms with E-state index < -0.39 is 12.7 Å². The van der Waals surface area contributed by atoms with Crippen molar-refractivity contribution >= 4 is 5.91 Å². The first kappa shape index (κ1) is 17.4. The number of carbonyl (C=O) groups excluding carboxylic acids is 1. The van der Waals surface area contributed by atoms with Crippen LogP contribution in [0.5, 0.6) is 5.75 Å². The third kappa shape index (κ3) is 6.08. The fourth-order valence-electron chi connectivity index (χ4n) is 1.80. The Balaban J connectivity index is 2.37. The van der Waals surface area contributed by atoms with Crippen LogP contribution in [0.4, 0.5) is 8.78 Å².